The van der Waals surface area contributed by atoms with Crippen molar-refractivity contribution in [3.05, 3.63) is 29.8 Å². The Morgan fingerprint density at radius 1 is 1.50 bits per heavy atom. The van der Waals surface area contributed by atoms with Crippen molar-refractivity contribution in [1.29, 1.82) is 0 Å². The van der Waals surface area contributed by atoms with Crippen LogP contribution in [-0.2, 0) is 0 Å². The Morgan fingerprint density at radius 2 is 2.22 bits per heavy atom. The van der Waals surface area contributed by atoms with E-state index < -0.39 is 0 Å². The molecule has 1 aromatic rings. The fraction of sp³-hybridized carbons (Fsp3) is 0.500. The summed E-state index contributed by atoms with van der Waals surface area (Å²) in [5.41, 5.74) is 0.684. The van der Waals surface area contributed by atoms with Crippen molar-refractivity contribution in [1.82, 2.24) is 9.80 Å². The normalized spacial score (nSPS) is 20.1. The molecule has 0 spiro atoms. The molecule has 0 aromatic heterocycles. The van der Waals surface area contributed by atoms with Crippen LogP contribution >= 0.6 is 12.6 Å². The van der Waals surface area contributed by atoms with E-state index in [1.807, 2.05) is 36.2 Å². The smallest absolute Gasteiger partial charge is 0.254 e. The second-order valence-corrected chi connectivity index (χ2v) is 5.46. The van der Waals surface area contributed by atoms with Crippen LogP contribution in [0.3, 0.4) is 0 Å². The van der Waals surface area contributed by atoms with Gasteiger partial charge in [0.1, 0.15) is 0 Å². The monoisotopic (exact) mass is 264 g/mol. The predicted molar refractivity (Wildman–Crippen MR) is 76.3 cm³/mol. The van der Waals surface area contributed by atoms with Crippen molar-refractivity contribution in [3.63, 3.8) is 0 Å². The van der Waals surface area contributed by atoms with Gasteiger partial charge in [0, 0.05) is 24.5 Å². The Morgan fingerprint density at radius 3 is 2.83 bits per heavy atom. The van der Waals surface area contributed by atoms with Crippen molar-refractivity contribution in [2.45, 2.75) is 23.8 Å². The quantitative estimate of drug-likeness (QED) is 0.846. The number of nitrogens with zero attached hydrogens (tertiary/aromatic N) is 2. The van der Waals surface area contributed by atoms with Gasteiger partial charge in [0.25, 0.3) is 5.91 Å². The van der Waals surface area contributed by atoms with E-state index in [1.54, 1.807) is 0 Å². The third-order valence-corrected chi connectivity index (χ3v) is 4.03. The molecule has 2 rings (SSSR count). The molecule has 1 aliphatic rings. The molecule has 1 saturated heterocycles. The van der Waals surface area contributed by atoms with Crippen molar-refractivity contribution in [2.24, 2.45) is 0 Å². The van der Waals surface area contributed by atoms with Gasteiger partial charge in [-0.2, -0.15) is 0 Å². The van der Waals surface area contributed by atoms with Crippen LogP contribution in [0.5, 0.6) is 0 Å². The zero-order chi connectivity index (χ0) is 13.1. The zero-order valence-corrected chi connectivity index (χ0v) is 11.9. The Kier molecular flexibility index (Phi) is 4.30. The van der Waals surface area contributed by atoms with Crippen LogP contribution in [0.25, 0.3) is 0 Å². The van der Waals surface area contributed by atoms with E-state index >= 15 is 0 Å². The van der Waals surface area contributed by atoms with Crippen LogP contribution in [0.2, 0.25) is 0 Å². The first kappa shape index (κ1) is 13.4. The van der Waals surface area contributed by atoms with Gasteiger partial charge in [0.05, 0.1) is 5.56 Å². The fourth-order valence-electron chi connectivity index (χ4n) is 2.47. The average Bonchev–Trinajstić information content (AvgIpc) is 2.75. The summed E-state index contributed by atoms with van der Waals surface area (Å²) >= 11 is 4.34. The summed E-state index contributed by atoms with van der Waals surface area (Å²) in [5, 5.41) is 0. The highest BCUT2D eigenvalue weighted by molar-refractivity contribution is 7.80. The molecule has 18 heavy (non-hydrogen) atoms. The van der Waals surface area contributed by atoms with Crippen LogP contribution < -0.4 is 0 Å². The summed E-state index contributed by atoms with van der Waals surface area (Å²) in [4.78, 5) is 17.2. The van der Waals surface area contributed by atoms with E-state index in [1.165, 1.54) is 12.8 Å². The van der Waals surface area contributed by atoms with E-state index in [0.29, 0.717) is 11.6 Å². The summed E-state index contributed by atoms with van der Waals surface area (Å²) in [7, 11) is 4.00. The number of likely N-dealkylation sites (N-methyl/N-ethyl adjacent to an activating group) is 2. The molecule has 1 amide bonds. The lowest BCUT2D eigenvalue weighted by atomic mass is 10.1. The van der Waals surface area contributed by atoms with Crippen LogP contribution in [0.15, 0.2) is 29.2 Å². The number of likely N-dealkylation sites (tertiary alicyclic amines) is 1. The minimum absolute atomic E-state index is 0.0564. The molecule has 1 unspecified atom stereocenters. The van der Waals surface area contributed by atoms with E-state index in [4.69, 9.17) is 0 Å². The molecule has 0 N–H and O–H groups in total. The predicted octanol–water partition coefficient (Wildman–Crippen LogP) is 2.14. The zero-order valence-electron chi connectivity index (χ0n) is 11.0. The van der Waals surface area contributed by atoms with Gasteiger partial charge < -0.3 is 9.80 Å². The fourth-order valence-corrected chi connectivity index (χ4v) is 2.73. The molecule has 0 bridgehead atoms. The molecule has 1 atom stereocenters. The number of hydrogen-bond acceptors (Lipinski definition) is 3. The number of carbonyl (C=O) groups excluding carboxylic acids is 1. The Balaban J connectivity index is 2.03. The van der Waals surface area contributed by atoms with Gasteiger partial charge >= 0.3 is 0 Å². The molecule has 4 heteroatoms. The Labute approximate surface area is 114 Å². The highest BCUT2D eigenvalue weighted by Crippen LogP contribution is 2.18. The van der Waals surface area contributed by atoms with Crippen LogP contribution in [0.4, 0.5) is 0 Å². The van der Waals surface area contributed by atoms with Crippen LogP contribution in [-0.4, -0.2) is 48.9 Å². The number of benzene rings is 1. The minimum Gasteiger partial charge on any atom is -0.340 e. The number of thiol groups is 1. The number of rotatable bonds is 3. The molecular weight excluding hydrogens is 244 g/mol. The second-order valence-electron chi connectivity index (χ2n) is 4.98. The molecule has 1 aliphatic heterocycles. The maximum Gasteiger partial charge on any atom is 0.254 e. The molecule has 1 fully saturated rings. The van der Waals surface area contributed by atoms with Crippen molar-refractivity contribution >= 4 is 18.5 Å². The SMILES string of the molecule is CN(CC1CCCN1C)C(=O)c1ccccc1S. The van der Waals surface area contributed by atoms with Crippen molar-refractivity contribution in [3.8, 4) is 0 Å². The Hall–Kier alpha value is -1.00. The summed E-state index contributed by atoms with van der Waals surface area (Å²) in [6.07, 6.45) is 2.41. The average molecular weight is 264 g/mol. The van der Waals surface area contributed by atoms with Gasteiger partial charge in [-0.1, -0.05) is 12.1 Å². The summed E-state index contributed by atoms with van der Waals surface area (Å²) < 4.78 is 0. The van der Waals surface area contributed by atoms with Gasteiger partial charge in [-0.15, -0.1) is 12.6 Å². The second kappa shape index (κ2) is 5.76. The standard InChI is InChI=1S/C14H20N2OS/c1-15-9-5-6-11(15)10-16(2)14(17)12-7-3-4-8-13(12)18/h3-4,7-8,11,18H,5-6,9-10H2,1-2H3. The maximum atomic E-state index is 12.3. The highest BCUT2D eigenvalue weighted by Gasteiger charge is 2.24. The number of amides is 1. The van der Waals surface area contributed by atoms with Gasteiger partial charge in [0.2, 0.25) is 0 Å². The molecular formula is C14H20N2OS. The molecule has 98 valence electrons. The number of hydrogen-bond donors (Lipinski definition) is 1. The van der Waals surface area contributed by atoms with Crippen molar-refractivity contribution in [2.75, 3.05) is 27.2 Å². The van der Waals surface area contributed by atoms with E-state index in [9.17, 15) is 4.79 Å². The lowest BCUT2D eigenvalue weighted by Gasteiger charge is -2.26. The highest BCUT2D eigenvalue weighted by atomic mass is 32.1. The molecule has 3 nitrogen and oxygen atoms in total. The minimum atomic E-state index is 0.0564. The third kappa shape index (κ3) is 2.87. The summed E-state index contributed by atoms with van der Waals surface area (Å²) in [6.45, 7) is 1.92. The van der Waals surface area contributed by atoms with Gasteiger partial charge in [0.15, 0.2) is 0 Å². The lowest BCUT2D eigenvalue weighted by molar-refractivity contribution is 0.0758. The molecule has 0 aliphatic carbocycles. The largest absolute Gasteiger partial charge is 0.340 e. The molecule has 1 heterocycles. The first-order valence-electron chi connectivity index (χ1n) is 6.33. The van der Waals surface area contributed by atoms with E-state index in [0.717, 1.165) is 18.0 Å². The molecule has 1 aromatic carbocycles. The third-order valence-electron chi connectivity index (χ3n) is 3.64. The first-order valence-corrected chi connectivity index (χ1v) is 6.78. The van der Waals surface area contributed by atoms with Crippen LogP contribution in [0.1, 0.15) is 23.2 Å². The first-order chi connectivity index (χ1) is 8.59. The number of carbonyl (C=O) groups is 1. The molecule has 0 radical (unpaired) electrons. The van der Waals surface area contributed by atoms with E-state index in [-0.39, 0.29) is 5.91 Å². The van der Waals surface area contributed by atoms with Crippen molar-refractivity contribution < 1.29 is 4.79 Å². The lowest BCUT2D eigenvalue weighted by Crippen LogP contribution is -2.39. The van der Waals surface area contributed by atoms with Gasteiger partial charge in [-0.05, 0) is 38.6 Å². The Bertz CT molecular complexity index is 436. The maximum absolute atomic E-state index is 12.3. The topological polar surface area (TPSA) is 23.6 Å². The van der Waals surface area contributed by atoms with Gasteiger partial charge in [-0.3, -0.25) is 4.79 Å². The summed E-state index contributed by atoms with van der Waals surface area (Å²) in [5.74, 6) is 0.0564. The van der Waals surface area contributed by atoms with E-state index in [2.05, 4.69) is 24.6 Å². The molecule has 0 saturated carbocycles. The summed E-state index contributed by atoms with van der Waals surface area (Å²) in [6, 6.07) is 7.95. The van der Waals surface area contributed by atoms with Crippen LogP contribution in [0, 0.1) is 0 Å². The van der Waals surface area contributed by atoms with Gasteiger partial charge in [-0.25, -0.2) is 0 Å².